The molecular formula is C10H19NO. The average molecular weight is 169 g/mol. The normalized spacial score (nSPS) is 36.8. The van der Waals surface area contributed by atoms with Gasteiger partial charge in [-0.15, -0.1) is 0 Å². The van der Waals surface area contributed by atoms with Gasteiger partial charge in [0.05, 0.1) is 6.61 Å². The molecule has 1 aliphatic heterocycles. The van der Waals surface area contributed by atoms with E-state index in [1.807, 2.05) is 0 Å². The molecule has 2 heteroatoms. The van der Waals surface area contributed by atoms with Crippen LogP contribution in [0.1, 0.15) is 38.5 Å². The van der Waals surface area contributed by atoms with Gasteiger partial charge in [0.15, 0.2) is 0 Å². The van der Waals surface area contributed by atoms with Crippen LogP contribution in [0.3, 0.4) is 0 Å². The Hall–Kier alpha value is -0.0800. The Morgan fingerprint density at radius 3 is 2.58 bits per heavy atom. The third-order valence-electron chi connectivity index (χ3n) is 3.54. The van der Waals surface area contributed by atoms with E-state index < -0.39 is 0 Å². The van der Waals surface area contributed by atoms with E-state index in [0.717, 1.165) is 12.5 Å². The number of rotatable bonds is 3. The van der Waals surface area contributed by atoms with Gasteiger partial charge in [-0.2, -0.15) is 0 Å². The molecule has 0 amide bonds. The lowest BCUT2D eigenvalue weighted by molar-refractivity contribution is 0.127. The van der Waals surface area contributed by atoms with Gasteiger partial charge >= 0.3 is 0 Å². The first kappa shape index (κ1) is 8.52. The van der Waals surface area contributed by atoms with Gasteiger partial charge in [-0.05, 0) is 31.7 Å². The molecule has 1 saturated heterocycles. The van der Waals surface area contributed by atoms with Gasteiger partial charge in [0.1, 0.15) is 0 Å². The topological polar surface area (TPSA) is 32.3 Å². The summed E-state index contributed by atoms with van der Waals surface area (Å²) in [5.74, 6) is 0.905. The highest BCUT2D eigenvalue weighted by Crippen LogP contribution is 2.36. The first-order chi connectivity index (χ1) is 5.85. The molecule has 0 aromatic rings. The van der Waals surface area contributed by atoms with Crippen LogP contribution in [0.5, 0.6) is 0 Å². The molecule has 1 saturated carbocycles. The molecule has 70 valence electrons. The van der Waals surface area contributed by atoms with E-state index >= 15 is 0 Å². The largest absolute Gasteiger partial charge is 0.394 e. The summed E-state index contributed by atoms with van der Waals surface area (Å²) >= 11 is 0. The Bertz CT molecular complexity index is 148. The molecule has 0 aromatic heterocycles. The van der Waals surface area contributed by atoms with Crippen molar-refractivity contribution in [2.45, 2.75) is 44.1 Å². The molecule has 2 fully saturated rings. The quantitative estimate of drug-likeness (QED) is 0.667. The molecule has 2 rings (SSSR count). The maximum Gasteiger partial charge on any atom is 0.0613 e. The fourth-order valence-electron chi connectivity index (χ4n) is 2.49. The predicted octanol–water partition coefficient (Wildman–Crippen LogP) is 1.29. The molecular weight excluding hydrogens is 150 g/mol. The SMILES string of the molecule is OCC1(CC2CCC2)CCCN1. The fourth-order valence-corrected chi connectivity index (χ4v) is 2.49. The minimum atomic E-state index is 0.116. The Morgan fingerprint density at radius 1 is 1.33 bits per heavy atom. The van der Waals surface area contributed by atoms with Gasteiger partial charge in [0.25, 0.3) is 0 Å². The molecule has 1 atom stereocenters. The van der Waals surface area contributed by atoms with Crippen molar-refractivity contribution in [1.82, 2.24) is 5.32 Å². The van der Waals surface area contributed by atoms with Crippen molar-refractivity contribution in [3.63, 3.8) is 0 Å². The second-order valence-electron chi connectivity index (χ2n) is 4.47. The third-order valence-corrected chi connectivity index (χ3v) is 3.54. The molecule has 1 heterocycles. The van der Waals surface area contributed by atoms with Gasteiger partial charge in [-0.1, -0.05) is 19.3 Å². The molecule has 2 N–H and O–H groups in total. The summed E-state index contributed by atoms with van der Waals surface area (Å²) in [6.45, 7) is 1.44. The minimum Gasteiger partial charge on any atom is -0.394 e. The van der Waals surface area contributed by atoms with Crippen LogP contribution in [0.25, 0.3) is 0 Å². The average Bonchev–Trinajstić information content (AvgIpc) is 2.46. The van der Waals surface area contributed by atoms with E-state index in [1.165, 1.54) is 38.5 Å². The summed E-state index contributed by atoms with van der Waals surface area (Å²) in [4.78, 5) is 0. The second kappa shape index (κ2) is 3.35. The monoisotopic (exact) mass is 169 g/mol. The molecule has 1 aliphatic carbocycles. The molecule has 0 aromatic carbocycles. The third kappa shape index (κ3) is 1.50. The van der Waals surface area contributed by atoms with Gasteiger partial charge in [-0.3, -0.25) is 0 Å². The van der Waals surface area contributed by atoms with Crippen LogP contribution in [0.2, 0.25) is 0 Å². The Morgan fingerprint density at radius 2 is 2.17 bits per heavy atom. The van der Waals surface area contributed by atoms with E-state index in [2.05, 4.69) is 5.32 Å². The molecule has 0 spiro atoms. The van der Waals surface area contributed by atoms with Gasteiger partial charge < -0.3 is 10.4 Å². The predicted molar refractivity (Wildman–Crippen MR) is 49.0 cm³/mol. The fraction of sp³-hybridized carbons (Fsp3) is 1.00. The van der Waals surface area contributed by atoms with Crippen molar-refractivity contribution < 1.29 is 5.11 Å². The summed E-state index contributed by atoms with van der Waals surface area (Å²) in [6.07, 6.45) is 7.83. The Kier molecular flexibility index (Phi) is 2.37. The summed E-state index contributed by atoms with van der Waals surface area (Å²) in [5, 5.41) is 12.8. The van der Waals surface area contributed by atoms with E-state index in [4.69, 9.17) is 0 Å². The summed E-state index contributed by atoms with van der Waals surface area (Å²) in [7, 11) is 0. The van der Waals surface area contributed by atoms with Crippen LogP contribution in [0.4, 0.5) is 0 Å². The van der Waals surface area contributed by atoms with Crippen molar-refractivity contribution >= 4 is 0 Å². The molecule has 2 aliphatic rings. The van der Waals surface area contributed by atoms with Crippen molar-refractivity contribution in [2.24, 2.45) is 5.92 Å². The zero-order valence-electron chi connectivity index (χ0n) is 7.68. The van der Waals surface area contributed by atoms with Crippen LogP contribution < -0.4 is 5.32 Å². The molecule has 0 bridgehead atoms. The number of aliphatic hydroxyl groups excluding tert-OH is 1. The lowest BCUT2D eigenvalue weighted by atomic mass is 9.75. The van der Waals surface area contributed by atoms with Crippen LogP contribution >= 0.6 is 0 Å². The summed E-state index contributed by atoms with van der Waals surface area (Å²) < 4.78 is 0. The van der Waals surface area contributed by atoms with Gasteiger partial charge in [0, 0.05) is 5.54 Å². The van der Waals surface area contributed by atoms with Crippen molar-refractivity contribution in [3.05, 3.63) is 0 Å². The minimum absolute atomic E-state index is 0.116. The van der Waals surface area contributed by atoms with Crippen LogP contribution in [0.15, 0.2) is 0 Å². The van der Waals surface area contributed by atoms with Crippen molar-refractivity contribution in [3.8, 4) is 0 Å². The molecule has 12 heavy (non-hydrogen) atoms. The van der Waals surface area contributed by atoms with Crippen molar-refractivity contribution in [2.75, 3.05) is 13.2 Å². The summed E-state index contributed by atoms with van der Waals surface area (Å²) in [6, 6.07) is 0. The lowest BCUT2D eigenvalue weighted by Gasteiger charge is -2.35. The highest BCUT2D eigenvalue weighted by atomic mass is 16.3. The maximum absolute atomic E-state index is 9.32. The van der Waals surface area contributed by atoms with E-state index in [1.54, 1.807) is 0 Å². The highest BCUT2D eigenvalue weighted by molar-refractivity contribution is 4.95. The number of hydrogen-bond acceptors (Lipinski definition) is 2. The molecule has 1 unspecified atom stereocenters. The smallest absolute Gasteiger partial charge is 0.0613 e. The van der Waals surface area contributed by atoms with Gasteiger partial charge in [-0.25, -0.2) is 0 Å². The van der Waals surface area contributed by atoms with E-state index in [9.17, 15) is 5.11 Å². The van der Waals surface area contributed by atoms with Crippen LogP contribution in [-0.4, -0.2) is 23.8 Å². The Balaban J connectivity index is 1.87. The highest BCUT2D eigenvalue weighted by Gasteiger charge is 2.36. The lowest BCUT2D eigenvalue weighted by Crippen LogP contribution is -2.45. The van der Waals surface area contributed by atoms with Crippen LogP contribution in [-0.2, 0) is 0 Å². The zero-order valence-corrected chi connectivity index (χ0v) is 7.68. The number of aliphatic hydroxyl groups is 1. The first-order valence-corrected chi connectivity index (χ1v) is 5.21. The summed E-state index contributed by atoms with van der Waals surface area (Å²) in [5.41, 5.74) is 0.116. The first-order valence-electron chi connectivity index (χ1n) is 5.21. The maximum atomic E-state index is 9.32. The number of nitrogens with one attached hydrogen (secondary N) is 1. The van der Waals surface area contributed by atoms with Crippen molar-refractivity contribution in [1.29, 1.82) is 0 Å². The van der Waals surface area contributed by atoms with E-state index in [-0.39, 0.29) is 5.54 Å². The second-order valence-corrected chi connectivity index (χ2v) is 4.47. The van der Waals surface area contributed by atoms with Gasteiger partial charge in [0.2, 0.25) is 0 Å². The van der Waals surface area contributed by atoms with E-state index in [0.29, 0.717) is 6.61 Å². The molecule has 2 nitrogen and oxygen atoms in total. The molecule has 0 radical (unpaired) electrons. The standard InChI is InChI=1S/C10H19NO/c12-8-10(5-2-6-11-10)7-9-3-1-4-9/h9,11-12H,1-8H2. The number of hydrogen-bond donors (Lipinski definition) is 2. The van der Waals surface area contributed by atoms with Crippen LogP contribution in [0, 0.1) is 5.92 Å². The zero-order chi connectivity index (χ0) is 8.44. The Labute approximate surface area is 74.4 Å².